The van der Waals surface area contributed by atoms with Gasteiger partial charge in [0.05, 0.1) is 18.8 Å². The Morgan fingerprint density at radius 1 is 1.40 bits per heavy atom. The molecule has 0 aromatic carbocycles. The minimum atomic E-state index is -2.78. The van der Waals surface area contributed by atoms with E-state index in [1.165, 1.54) is 6.33 Å². The topological polar surface area (TPSA) is 82.5 Å². The summed E-state index contributed by atoms with van der Waals surface area (Å²) in [4.78, 5) is 10.3. The van der Waals surface area contributed by atoms with Gasteiger partial charge in [-0.15, -0.1) is 0 Å². The van der Waals surface area contributed by atoms with Crippen LogP contribution >= 0.6 is 0 Å². The summed E-state index contributed by atoms with van der Waals surface area (Å²) in [6.45, 7) is 1.21. The van der Waals surface area contributed by atoms with E-state index in [-0.39, 0.29) is 25.5 Å². The minimum absolute atomic E-state index is 0.0905. The molecule has 3 N–H and O–H groups in total. The third-order valence-electron chi connectivity index (χ3n) is 4.84. The summed E-state index contributed by atoms with van der Waals surface area (Å²) in [6, 6.07) is 0.779. The SMILES string of the molecule is CNc1cc(N2C[C@H](O)C[C@@H]2CNC2CCOCCC2(F)F)ncn1. The standard InChI is InChI=1S/C16H25F2N5O2/c1-19-14-7-15(22-10-21-14)23-9-12(24)6-11(23)8-20-13-2-4-25-5-3-16(13,17)18/h7,10-13,20,24H,2-6,8-9H2,1H3,(H,19,21,22)/t11-,12-,13?/m1/s1. The first kappa shape index (κ1) is 18.2. The molecule has 0 aliphatic carbocycles. The van der Waals surface area contributed by atoms with Crippen LogP contribution in [0.3, 0.4) is 0 Å². The maximum atomic E-state index is 14.2. The van der Waals surface area contributed by atoms with Crippen LogP contribution in [0.4, 0.5) is 20.4 Å². The number of aromatic nitrogens is 2. The number of β-amino-alcohol motifs (C(OH)–C–C–N with tert-alkyl or cyclic N) is 1. The first-order valence-corrected chi connectivity index (χ1v) is 8.63. The molecular weight excluding hydrogens is 332 g/mol. The Morgan fingerprint density at radius 2 is 2.24 bits per heavy atom. The summed E-state index contributed by atoms with van der Waals surface area (Å²) < 4.78 is 33.5. The zero-order chi connectivity index (χ0) is 17.9. The second kappa shape index (κ2) is 7.76. The molecule has 1 unspecified atom stereocenters. The summed E-state index contributed by atoms with van der Waals surface area (Å²) in [7, 11) is 1.76. The summed E-state index contributed by atoms with van der Waals surface area (Å²) in [5.41, 5.74) is 0. The monoisotopic (exact) mass is 357 g/mol. The second-order valence-corrected chi connectivity index (χ2v) is 6.58. The summed E-state index contributed by atoms with van der Waals surface area (Å²) in [6.07, 6.45) is 1.48. The molecule has 0 radical (unpaired) electrons. The minimum Gasteiger partial charge on any atom is -0.391 e. The molecular formula is C16H25F2N5O2. The molecule has 1 aromatic rings. The molecule has 0 spiro atoms. The lowest BCUT2D eigenvalue weighted by molar-refractivity contribution is -0.0440. The summed E-state index contributed by atoms with van der Waals surface area (Å²) in [5, 5.41) is 16.0. The molecule has 7 nitrogen and oxygen atoms in total. The fourth-order valence-corrected chi connectivity index (χ4v) is 3.43. The van der Waals surface area contributed by atoms with Gasteiger partial charge in [-0.1, -0.05) is 0 Å². The highest BCUT2D eigenvalue weighted by Crippen LogP contribution is 2.29. The molecule has 2 fully saturated rings. The van der Waals surface area contributed by atoms with Crippen LogP contribution in [0.25, 0.3) is 0 Å². The number of hydrogen-bond acceptors (Lipinski definition) is 7. The zero-order valence-corrected chi connectivity index (χ0v) is 14.3. The van der Waals surface area contributed by atoms with Gasteiger partial charge in [-0.25, -0.2) is 18.7 Å². The number of aliphatic hydroxyl groups excluding tert-OH is 1. The van der Waals surface area contributed by atoms with Crippen molar-refractivity contribution in [1.29, 1.82) is 0 Å². The van der Waals surface area contributed by atoms with Crippen LogP contribution in [0.15, 0.2) is 12.4 Å². The van der Waals surface area contributed by atoms with E-state index in [0.29, 0.717) is 37.8 Å². The van der Waals surface area contributed by atoms with Gasteiger partial charge in [0.25, 0.3) is 5.92 Å². The van der Waals surface area contributed by atoms with E-state index in [4.69, 9.17) is 4.74 Å². The molecule has 2 aliphatic rings. The number of hydrogen-bond donors (Lipinski definition) is 3. The van der Waals surface area contributed by atoms with Crippen LogP contribution in [-0.2, 0) is 4.74 Å². The lowest BCUT2D eigenvalue weighted by atomic mass is 10.0. The van der Waals surface area contributed by atoms with Crippen LogP contribution in [0.5, 0.6) is 0 Å². The van der Waals surface area contributed by atoms with Crippen molar-refractivity contribution in [2.75, 3.05) is 43.6 Å². The summed E-state index contributed by atoms with van der Waals surface area (Å²) >= 11 is 0. The molecule has 25 heavy (non-hydrogen) atoms. The molecule has 140 valence electrons. The highest BCUT2D eigenvalue weighted by molar-refractivity contribution is 5.50. The fourth-order valence-electron chi connectivity index (χ4n) is 3.43. The molecule has 2 aliphatic heterocycles. The molecule has 0 saturated carbocycles. The lowest BCUT2D eigenvalue weighted by Gasteiger charge is -2.30. The molecule has 3 rings (SSSR count). The number of anilines is 2. The highest BCUT2D eigenvalue weighted by Gasteiger charge is 2.41. The lowest BCUT2D eigenvalue weighted by Crippen LogP contribution is -2.49. The Labute approximate surface area is 145 Å². The van der Waals surface area contributed by atoms with Gasteiger partial charge in [-0.05, 0) is 12.8 Å². The van der Waals surface area contributed by atoms with Crippen LogP contribution in [-0.4, -0.2) is 72.5 Å². The average molecular weight is 357 g/mol. The maximum Gasteiger partial charge on any atom is 0.265 e. The van der Waals surface area contributed by atoms with Gasteiger partial charge in [0.15, 0.2) is 0 Å². The van der Waals surface area contributed by atoms with Crippen molar-refractivity contribution in [3.63, 3.8) is 0 Å². The number of alkyl halides is 2. The maximum absolute atomic E-state index is 14.2. The number of nitrogens with one attached hydrogen (secondary N) is 2. The number of halogens is 2. The van der Waals surface area contributed by atoms with Crippen molar-refractivity contribution in [2.24, 2.45) is 0 Å². The van der Waals surface area contributed by atoms with Gasteiger partial charge >= 0.3 is 0 Å². The zero-order valence-electron chi connectivity index (χ0n) is 14.3. The Kier molecular flexibility index (Phi) is 5.65. The molecule has 2 saturated heterocycles. The van der Waals surface area contributed by atoms with Crippen molar-refractivity contribution in [3.05, 3.63) is 12.4 Å². The van der Waals surface area contributed by atoms with E-state index < -0.39 is 18.1 Å². The van der Waals surface area contributed by atoms with E-state index in [1.807, 2.05) is 4.90 Å². The third kappa shape index (κ3) is 4.34. The number of rotatable bonds is 5. The molecule has 1 aromatic heterocycles. The van der Waals surface area contributed by atoms with Gasteiger partial charge in [-0.3, -0.25) is 0 Å². The molecule has 3 atom stereocenters. The molecule has 0 amide bonds. The van der Waals surface area contributed by atoms with Crippen molar-refractivity contribution in [3.8, 4) is 0 Å². The molecule has 9 heteroatoms. The predicted molar refractivity (Wildman–Crippen MR) is 90.1 cm³/mol. The van der Waals surface area contributed by atoms with Gasteiger partial charge < -0.3 is 25.4 Å². The third-order valence-corrected chi connectivity index (χ3v) is 4.84. The summed E-state index contributed by atoms with van der Waals surface area (Å²) in [5.74, 6) is -1.43. The number of ether oxygens (including phenoxy) is 1. The van der Waals surface area contributed by atoms with Crippen molar-refractivity contribution < 1.29 is 18.6 Å². The van der Waals surface area contributed by atoms with Crippen LogP contribution in [0, 0.1) is 0 Å². The van der Waals surface area contributed by atoms with Crippen molar-refractivity contribution in [2.45, 2.75) is 43.4 Å². The predicted octanol–water partition coefficient (Wildman–Crippen LogP) is 0.862. The quantitative estimate of drug-likeness (QED) is 0.721. The van der Waals surface area contributed by atoms with E-state index in [1.54, 1.807) is 13.1 Å². The Balaban J connectivity index is 1.67. The van der Waals surface area contributed by atoms with E-state index in [0.717, 1.165) is 0 Å². The van der Waals surface area contributed by atoms with Crippen molar-refractivity contribution >= 4 is 11.6 Å². The largest absolute Gasteiger partial charge is 0.391 e. The normalized spacial score (nSPS) is 29.4. The van der Waals surface area contributed by atoms with Crippen LogP contribution in [0.2, 0.25) is 0 Å². The molecule has 0 bridgehead atoms. The Morgan fingerprint density at radius 3 is 3.04 bits per heavy atom. The first-order chi connectivity index (χ1) is 12.0. The van der Waals surface area contributed by atoms with Gasteiger partial charge in [0.2, 0.25) is 0 Å². The van der Waals surface area contributed by atoms with Gasteiger partial charge in [0, 0.05) is 45.3 Å². The van der Waals surface area contributed by atoms with Crippen LogP contribution in [0.1, 0.15) is 19.3 Å². The van der Waals surface area contributed by atoms with E-state index in [9.17, 15) is 13.9 Å². The second-order valence-electron chi connectivity index (χ2n) is 6.58. The highest BCUT2D eigenvalue weighted by atomic mass is 19.3. The Bertz CT molecular complexity index is 577. The average Bonchev–Trinajstić information content (AvgIpc) is 2.88. The number of aliphatic hydroxyl groups is 1. The van der Waals surface area contributed by atoms with E-state index >= 15 is 0 Å². The first-order valence-electron chi connectivity index (χ1n) is 8.63. The van der Waals surface area contributed by atoms with Crippen molar-refractivity contribution in [1.82, 2.24) is 15.3 Å². The van der Waals surface area contributed by atoms with Gasteiger partial charge in [0.1, 0.15) is 18.0 Å². The smallest absolute Gasteiger partial charge is 0.265 e. The fraction of sp³-hybridized carbons (Fsp3) is 0.750. The van der Waals surface area contributed by atoms with Gasteiger partial charge in [-0.2, -0.15) is 0 Å². The molecule has 3 heterocycles. The number of nitrogens with zero attached hydrogens (tertiary/aromatic N) is 3. The Hall–Kier alpha value is -1.58. The van der Waals surface area contributed by atoms with Crippen LogP contribution < -0.4 is 15.5 Å². The van der Waals surface area contributed by atoms with E-state index in [2.05, 4.69) is 20.6 Å².